The van der Waals surface area contributed by atoms with Gasteiger partial charge in [0.15, 0.2) is 0 Å². The second kappa shape index (κ2) is 3.89. The van der Waals surface area contributed by atoms with Gasteiger partial charge in [-0.1, -0.05) is 45.0 Å². The van der Waals surface area contributed by atoms with Crippen LogP contribution in [-0.4, -0.2) is 12.3 Å². The van der Waals surface area contributed by atoms with Crippen molar-refractivity contribution in [1.29, 1.82) is 0 Å². The Labute approximate surface area is 97.9 Å². The van der Waals surface area contributed by atoms with E-state index < -0.39 is 0 Å². The monoisotopic (exact) mass is 213 g/mol. The lowest BCUT2D eigenvalue weighted by Gasteiger charge is -2.19. The van der Waals surface area contributed by atoms with Crippen LogP contribution in [0.3, 0.4) is 0 Å². The van der Waals surface area contributed by atoms with Crippen LogP contribution in [0.4, 0.5) is 0 Å². The van der Waals surface area contributed by atoms with E-state index in [1.807, 2.05) is 0 Å². The zero-order valence-corrected chi connectivity index (χ0v) is 10.5. The summed E-state index contributed by atoms with van der Waals surface area (Å²) in [5.41, 5.74) is 5.29. The molecule has 1 aromatic rings. The highest BCUT2D eigenvalue weighted by atomic mass is 14.8. The molecule has 0 bridgehead atoms. The van der Waals surface area contributed by atoms with Gasteiger partial charge in [0, 0.05) is 0 Å². The second-order valence-corrected chi connectivity index (χ2v) is 5.52. The summed E-state index contributed by atoms with van der Waals surface area (Å²) < 4.78 is 0. The van der Waals surface area contributed by atoms with Crippen LogP contribution >= 0.6 is 0 Å². The summed E-state index contributed by atoms with van der Waals surface area (Å²) in [6.45, 7) is 9.69. The number of hydrogen-bond acceptors (Lipinski definition) is 1. The van der Waals surface area contributed by atoms with Crippen LogP contribution in [0.25, 0.3) is 0 Å². The van der Waals surface area contributed by atoms with Crippen molar-refractivity contribution in [3.8, 4) is 0 Å². The number of nitrogens with zero attached hydrogens (tertiary/aromatic N) is 1. The molecule has 0 saturated carbocycles. The van der Waals surface area contributed by atoms with E-state index in [0.717, 1.165) is 12.3 Å². The lowest BCUT2D eigenvalue weighted by Crippen LogP contribution is -2.11. The zero-order valence-electron chi connectivity index (χ0n) is 10.5. The summed E-state index contributed by atoms with van der Waals surface area (Å²) in [6, 6.07) is 8.77. The SMILES string of the molecule is CC1=CC(c2ccc(C(C)(C)C)cc2)=NC1. The van der Waals surface area contributed by atoms with Gasteiger partial charge in [0.05, 0.1) is 12.3 Å². The van der Waals surface area contributed by atoms with Gasteiger partial charge in [-0.15, -0.1) is 0 Å². The summed E-state index contributed by atoms with van der Waals surface area (Å²) >= 11 is 0. The molecule has 0 spiro atoms. The van der Waals surface area contributed by atoms with Crippen molar-refractivity contribution in [2.24, 2.45) is 4.99 Å². The van der Waals surface area contributed by atoms with Gasteiger partial charge >= 0.3 is 0 Å². The van der Waals surface area contributed by atoms with E-state index in [0.29, 0.717) is 0 Å². The maximum atomic E-state index is 4.50. The van der Waals surface area contributed by atoms with Crippen molar-refractivity contribution in [2.75, 3.05) is 6.54 Å². The first-order valence-electron chi connectivity index (χ1n) is 5.79. The van der Waals surface area contributed by atoms with Crippen molar-refractivity contribution in [3.05, 3.63) is 47.0 Å². The van der Waals surface area contributed by atoms with E-state index in [4.69, 9.17) is 0 Å². The third-order valence-electron chi connectivity index (χ3n) is 2.93. The Bertz CT molecular complexity index is 441. The quantitative estimate of drug-likeness (QED) is 0.674. The molecule has 0 saturated heterocycles. The molecule has 0 radical (unpaired) electrons. The Kier molecular flexibility index (Phi) is 2.71. The molecular weight excluding hydrogens is 194 g/mol. The number of hydrogen-bond donors (Lipinski definition) is 0. The van der Waals surface area contributed by atoms with E-state index in [1.165, 1.54) is 16.7 Å². The maximum absolute atomic E-state index is 4.50. The van der Waals surface area contributed by atoms with Crippen LogP contribution in [0.5, 0.6) is 0 Å². The summed E-state index contributed by atoms with van der Waals surface area (Å²) in [6.07, 6.45) is 2.17. The molecule has 0 amide bonds. The molecule has 16 heavy (non-hydrogen) atoms. The molecule has 0 N–H and O–H groups in total. The molecule has 0 unspecified atom stereocenters. The average Bonchev–Trinajstić information content (AvgIpc) is 2.64. The Morgan fingerprint density at radius 1 is 1.06 bits per heavy atom. The van der Waals surface area contributed by atoms with Crippen LogP contribution in [-0.2, 0) is 5.41 Å². The smallest absolute Gasteiger partial charge is 0.0650 e. The minimum absolute atomic E-state index is 0.224. The first kappa shape index (κ1) is 11.1. The van der Waals surface area contributed by atoms with Gasteiger partial charge < -0.3 is 0 Å². The predicted octanol–water partition coefficient (Wildman–Crippen LogP) is 3.73. The Morgan fingerprint density at radius 3 is 2.12 bits per heavy atom. The third kappa shape index (κ3) is 2.24. The predicted molar refractivity (Wildman–Crippen MR) is 70.3 cm³/mol. The number of aliphatic imine (C=N–C) groups is 1. The summed E-state index contributed by atoms with van der Waals surface area (Å²) in [7, 11) is 0. The molecule has 1 nitrogen and oxygen atoms in total. The molecule has 1 aliphatic rings. The maximum Gasteiger partial charge on any atom is 0.0650 e. The first-order valence-corrected chi connectivity index (χ1v) is 5.79. The summed E-state index contributed by atoms with van der Waals surface area (Å²) in [4.78, 5) is 4.50. The summed E-state index contributed by atoms with van der Waals surface area (Å²) in [5, 5.41) is 0. The van der Waals surface area contributed by atoms with Gasteiger partial charge in [0.2, 0.25) is 0 Å². The lowest BCUT2D eigenvalue weighted by atomic mass is 9.86. The third-order valence-corrected chi connectivity index (χ3v) is 2.93. The molecule has 1 heteroatoms. The van der Waals surface area contributed by atoms with Crippen molar-refractivity contribution >= 4 is 5.71 Å². The van der Waals surface area contributed by atoms with E-state index in [-0.39, 0.29) is 5.41 Å². The second-order valence-electron chi connectivity index (χ2n) is 5.52. The fourth-order valence-corrected chi connectivity index (χ4v) is 1.85. The minimum atomic E-state index is 0.224. The molecule has 0 aliphatic carbocycles. The highest BCUT2D eigenvalue weighted by molar-refractivity contribution is 6.10. The molecule has 84 valence electrons. The topological polar surface area (TPSA) is 12.4 Å². The van der Waals surface area contributed by atoms with Crippen LogP contribution in [0.1, 0.15) is 38.8 Å². The van der Waals surface area contributed by atoms with Crippen molar-refractivity contribution in [2.45, 2.75) is 33.1 Å². The Hall–Kier alpha value is -1.37. The van der Waals surface area contributed by atoms with Gasteiger partial charge in [0.1, 0.15) is 0 Å². The summed E-state index contributed by atoms with van der Waals surface area (Å²) in [5.74, 6) is 0. The first-order chi connectivity index (χ1) is 7.47. The normalized spacial score (nSPS) is 16.0. The molecule has 1 heterocycles. The molecular formula is C15H19N. The van der Waals surface area contributed by atoms with Gasteiger partial charge in [-0.05, 0) is 35.1 Å². The lowest BCUT2D eigenvalue weighted by molar-refractivity contribution is 0.590. The van der Waals surface area contributed by atoms with Crippen LogP contribution in [0.15, 0.2) is 40.9 Å². The molecule has 0 atom stereocenters. The van der Waals surface area contributed by atoms with Crippen LogP contribution in [0, 0.1) is 0 Å². The van der Waals surface area contributed by atoms with Crippen molar-refractivity contribution in [3.63, 3.8) is 0 Å². The van der Waals surface area contributed by atoms with Gasteiger partial charge in [-0.3, -0.25) is 4.99 Å². The van der Waals surface area contributed by atoms with Gasteiger partial charge in [-0.2, -0.15) is 0 Å². The van der Waals surface area contributed by atoms with Crippen LogP contribution < -0.4 is 0 Å². The largest absolute Gasteiger partial charge is 0.280 e. The van der Waals surface area contributed by atoms with E-state index in [2.05, 4.69) is 63.0 Å². The van der Waals surface area contributed by atoms with E-state index in [1.54, 1.807) is 0 Å². The van der Waals surface area contributed by atoms with E-state index >= 15 is 0 Å². The standard InChI is InChI=1S/C15H19N/c1-11-9-14(16-10-11)12-5-7-13(8-6-12)15(2,3)4/h5-9H,10H2,1-4H3. The fraction of sp³-hybridized carbons (Fsp3) is 0.400. The molecule has 1 aliphatic heterocycles. The van der Waals surface area contributed by atoms with Gasteiger partial charge in [0.25, 0.3) is 0 Å². The van der Waals surface area contributed by atoms with Crippen molar-refractivity contribution in [1.82, 2.24) is 0 Å². The highest BCUT2D eigenvalue weighted by Crippen LogP contribution is 2.23. The Balaban J connectivity index is 2.27. The highest BCUT2D eigenvalue weighted by Gasteiger charge is 2.14. The fourth-order valence-electron chi connectivity index (χ4n) is 1.85. The van der Waals surface area contributed by atoms with Crippen LogP contribution in [0.2, 0.25) is 0 Å². The van der Waals surface area contributed by atoms with Crippen molar-refractivity contribution < 1.29 is 0 Å². The van der Waals surface area contributed by atoms with Gasteiger partial charge in [-0.25, -0.2) is 0 Å². The molecule has 2 rings (SSSR count). The number of benzene rings is 1. The zero-order chi connectivity index (χ0) is 11.8. The molecule has 0 aromatic heterocycles. The van der Waals surface area contributed by atoms with E-state index in [9.17, 15) is 0 Å². The molecule has 1 aromatic carbocycles. The number of allylic oxidation sites excluding steroid dienone is 1. The number of rotatable bonds is 1. The Morgan fingerprint density at radius 2 is 1.69 bits per heavy atom. The minimum Gasteiger partial charge on any atom is -0.280 e. The average molecular weight is 213 g/mol. The molecule has 0 fully saturated rings.